The molecule has 0 radical (unpaired) electrons. The quantitative estimate of drug-likeness (QED) is 0.555. The molecule has 0 bridgehead atoms. The summed E-state index contributed by atoms with van der Waals surface area (Å²) >= 11 is 0. The van der Waals surface area contributed by atoms with E-state index in [1.165, 1.54) is 6.20 Å². The number of imidazole rings is 1. The Hall–Kier alpha value is -3.40. The van der Waals surface area contributed by atoms with Gasteiger partial charge in [-0.15, -0.1) is 10.2 Å². The van der Waals surface area contributed by atoms with Gasteiger partial charge in [0, 0.05) is 19.3 Å². The van der Waals surface area contributed by atoms with Crippen LogP contribution in [0.25, 0.3) is 22.5 Å². The zero-order valence-electron chi connectivity index (χ0n) is 15.1. The van der Waals surface area contributed by atoms with Crippen LogP contribution in [0.4, 0.5) is 8.78 Å². The van der Waals surface area contributed by atoms with E-state index < -0.39 is 12.3 Å². The van der Waals surface area contributed by atoms with Crippen molar-refractivity contribution in [1.29, 1.82) is 0 Å². The number of hydrogen-bond donors (Lipinski definition) is 1. The predicted molar refractivity (Wildman–Crippen MR) is 99.7 cm³/mol. The second kappa shape index (κ2) is 6.89. The first kappa shape index (κ1) is 17.7. The summed E-state index contributed by atoms with van der Waals surface area (Å²) in [4.78, 5) is 17.4. The van der Waals surface area contributed by atoms with Crippen molar-refractivity contribution in [2.75, 3.05) is 13.1 Å². The average molecular weight is 398 g/mol. The minimum absolute atomic E-state index is 0.0226. The monoisotopic (exact) mass is 398 g/mol. The third kappa shape index (κ3) is 3.01. The van der Waals surface area contributed by atoms with E-state index in [2.05, 4.69) is 20.5 Å². The van der Waals surface area contributed by atoms with Crippen LogP contribution >= 0.6 is 0 Å². The molecule has 5 rings (SSSR count). The third-order valence-electron chi connectivity index (χ3n) is 5.01. The lowest BCUT2D eigenvalue weighted by Crippen LogP contribution is -2.47. The fourth-order valence-corrected chi connectivity index (χ4v) is 3.44. The van der Waals surface area contributed by atoms with Gasteiger partial charge in [0.25, 0.3) is 5.89 Å². The lowest BCUT2D eigenvalue weighted by Gasteiger charge is -2.28. The van der Waals surface area contributed by atoms with Gasteiger partial charge in [-0.1, -0.05) is 12.1 Å². The Kier molecular flexibility index (Phi) is 4.20. The second-order valence-electron chi connectivity index (χ2n) is 6.82. The van der Waals surface area contributed by atoms with Crippen LogP contribution in [0.2, 0.25) is 0 Å². The minimum Gasteiger partial charge on any atom is -0.415 e. The molecule has 0 amide bonds. The van der Waals surface area contributed by atoms with E-state index >= 15 is 0 Å². The number of para-hydroxylation sites is 2. The van der Waals surface area contributed by atoms with Gasteiger partial charge in [0.1, 0.15) is 0 Å². The van der Waals surface area contributed by atoms with Crippen LogP contribution in [0.15, 0.2) is 51.8 Å². The zero-order chi connectivity index (χ0) is 20.0. The van der Waals surface area contributed by atoms with Gasteiger partial charge in [-0.3, -0.25) is 14.1 Å². The number of aromatic nitrogens is 5. The number of benzene rings is 1. The summed E-state index contributed by atoms with van der Waals surface area (Å²) in [5.74, 6) is -0.750. The van der Waals surface area contributed by atoms with Gasteiger partial charge in [0.05, 0.1) is 34.9 Å². The van der Waals surface area contributed by atoms with Gasteiger partial charge in [0.15, 0.2) is 0 Å². The molecule has 1 aromatic carbocycles. The van der Waals surface area contributed by atoms with E-state index in [1.807, 2.05) is 28.8 Å². The van der Waals surface area contributed by atoms with E-state index in [0.29, 0.717) is 17.8 Å². The highest BCUT2D eigenvalue weighted by atomic mass is 19.3. The fourth-order valence-electron chi connectivity index (χ4n) is 3.44. The Morgan fingerprint density at radius 3 is 2.55 bits per heavy atom. The summed E-state index contributed by atoms with van der Waals surface area (Å²) in [7, 11) is 0. The summed E-state index contributed by atoms with van der Waals surface area (Å²) in [5, 5.41) is 10.1. The number of rotatable bonds is 5. The molecule has 148 valence electrons. The molecule has 29 heavy (non-hydrogen) atoms. The molecular weight excluding hydrogens is 382 g/mol. The summed E-state index contributed by atoms with van der Waals surface area (Å²) in [6.07, 6.45) is -1.35. The van der Waals surface area contributed by atoms with Crippen LogP contribution in [0.3, 0.4) is 0 Å². The maximum absolute atomic E-state index is 13.0. The molecule has 1 N–H and O–H groups in total. The van der Waals surface area contributed by atoms with Crippen molar-refractivity contribution in [3.05, 3.63) is 64.7 Å². The number of halogens is 2. The fraction of sp³-hybridized carbons (Fsp3) is 0.263. The zero-order valence-corrected chi connectivity index (χ0v) is 15.1. The summed E-state index contributed by atoms with van der Waals surface area (Å²) in [5.41, 5.74) is 2.74. The van der Waals surface area contributed by atoms with Crippen molar-refractivity contribution in [2.45, 2.75) is 19.0 Å². The van der Waals surface area contributed by atoms with E-state index in [0.717, 1.165) is 24.1 Å². The Balaban J connectivity index is 1.47. The number of nitrogens with zero attached hydrogens (tertiary/aromatic N) is 5. The molecule has 8 nitrogen and oxygen atoms in total. The molecule has 3 aromatic heterocycles. The van der Waals surface area contributed by atoms with Gasteiger partial charge in [0.2, 0.25) is 5.89 Å². The molecule has 1 aliphatic rings. The van der Waals surface area contributed by atoms with Gasteiger partial charge in [-0.2, -0.15) is 8.78 Å². The van der Waals surface area contributed by atoms with Gasteiger partial charge in [-0.05, 0) is 24.3 Å². The van der Waals surface area contributed by atoms with E-state index in [1.54, 1.807) is 16.7 Å². The molecule has 4 aromatic rings. The maximum atomic E-state index is 13.0. The van der Waals surface area contributed by atoms with E-state index in [4.69, 9.17) is 4.42 Å². The average Bonchev–Trinajstić information content (AvgIpc) is 3.28. The van der Waals surface area contributed by atoms with E-state index in [-0.39, 0.29) is 17.6 Å². The number of nitrogens with one attached hydrogen (secondary N) is 1. The second-order valence-corrected chi connectivity index (χ2v) is 6.82. The first-order chi connectivity index (χ1) is 14.1. The van der Waals surface area contributed by atoms with Gasteiger partial charge >= 0.3 is 12.1 Å². The van der Waals surface area contributed by atoms with Crippen LogP contribution in [-0.4, -0.2) is 37.4 Å². The molecule has 0 aliphatic carbocycles. The highest BCUT2D eigenvalue weighted by Gasteiger charge is 2.25. The van der Waals surface area contributed by atoms with Crippen molar-refractivity contribution in [2.24, 2.45) is 0 Å². The molecule has 1 fully saturated rings. The Morgan fingerprint density at radius 1 is 1.14 bits per heavy atom. The summed E-state index contributed by atoms with van der Waals surface area (Å²) in [6.45, 7) is 1.83. The van der Waals surface area contributed by atoms with E-state index in [9.17, 15) is 13.6 Å². The summed E-state index contributed by atoms with van der Waals surface area (Å²) in [6, 6.07) is 11.2. The van der Waals surface area contributed by atoms with Crippen molar-refractivity contribution in [3.8, 4) is 11.5 Å². The van der Waals surface area contributed by atoms with Crippen molar-refractivity contribution < 1.29 is 13.2 Å². The largest absolute Gasteiger partial charge is 0.415 e. The first-order valence-corrected chi connectivity index (χ1v) is 9.09. The smallest absolute Gasteiger partial charge is 0.329 e. The number of fused-ring (bicyclic) bond motifs is 1. The minimum atomic E-state index is -2.82. The Bertz CT molecular complexity index is 1220. The van der Waals surface area contributed by atoms with Crippen LogP contribution in [0, 0.1) is 0 Å². The topological polar surface area (TPSA) is 90.8 Å². The Morgan fingerprint density at radius 2 is 1.93 bits per heavy atom. The maximum Gasteiger partial charge on any atom is 0.329 e. The number of hydrogen-bond acceptors (Lipinski definition) is 6. The highest BCUT2D eigenvalue weighted by Crippen LogP contribution is 2.23. The molecule has 4 heterocycles. The van der Waals surface area contributed by atoms with Crippen LogP contribution in [0.5, 0.6) is 0 Å². The first-order valence-electron chi connectivity index (χ1n) is 9.09. The molecule has 1 aliphatic heterocycles. The highest BCUT2D eigenvalue weighted by molar-refractivity contribution is 5.76. The Labute approximate surface area is 162 Å². The SMILES string of the molecule is O=c1n(Cc2ccc(-c3nnc(C(F)F)o3)cn2)c2ccccc2n1C1CNC1. The van der Waals surface area contributed by atoms with Crippen LogP contribution in [-0.2, 0) is 6.54 Å². The molecule has 0 spiro atoms. The van der Waals surface area contributed by atoms with Gasteiger partial charge < -0.3 is 9.73 Å². The lowest BCUT2D eigenvalue weighted by molar-refractivity contribution is 0.116. The normalized spacial score (nSPS) is 14.6. The molecule has 0 saturated carbocycles. The van der Waals surface area contributed by atoms with Crippen molar-refractivity contribution in [3.63, 3.8) is 0 Å². The van der Waals surface area contributed by atoms with Gasteiger partial charge in [-0.25, -0.2) is 4.79 Å². The summed E-state index contributed by atoms with van der Waals surface area (Å²) < 4.78 is 33.7. The van der Waals surface area contributed by atoms with Crippen molar-refractivity contribution in [1.82, 2.24) is 29.6 Å². The lowest BCUT2D eigenvalue weighted by atomic mass is 10.1. The van der Waals surface area contributed by atoms with Crippen LogP contribution < -0.4 is 11.0 Å². The molecule has 0 atom stereocenters. The molecule has 0 unspecified atom stereocenters. The number of pyridine rings is 1. The third-order valence-corrected chi connectivity index (χ3v) is 5.01. The van der Waals surface area contributed by atoms with Crippen molar-refractivity contribution >= 4 is 11.0 Å². The molecule has 1 saturated heterocycles. The molecule has 10 heteroatoms. The number of alkyl halides is 2. The van der Waals surface area contributed by atoms with Crippen LogP contribution in [0.1, 0.15) is 24.1 Å². The predicted octanol–water partition coefficient (Wildman–Crippen LogP) is 2.38. The standard InChI is InChI=1S/C19H16F2N6O2/c20-16(21)18-25-24-17(29-18)11-5-6-12(23-7-11)10-26-14-3-1-2-4-15(14)27(19(26)28)13-8-22-9-13/h1-7,13,16,22H,8-10H2. The molecular formula is C19H16F2N6O2.